The quantitative estimate of drug-likeness (QED) is 0.660. The molecule has 2 heterocycles. The largest absolute Gasteiger partial charge is 0.481 e. The SMILES string of the molecule is O=C(NCC1CC(C(=O)N2CCC[C@H](C(=O)O)C2)CO1)OCC1c2ccccc2-c2ccccc21. The Morgan fingerprint density at radius 1 is 1.03 bits per heavy atom. The Morgan fingerprint density at radius 3 is 2.40 bits per heavy atom. The molecule has 2 aliphatic heterocycles. The van der Waals surface area contributed by atoms with E-state index in [4.69, 9.17) is 9.47 Å². The summed E-state index contributed by atoms with van der Waals surface area (Å²) in [6.07, 6.45) is 1.02. The van der Waals surface area contributed by atoms with E-state index in [0.29, 0.717) is 25.8 Å². The standard InChI is InChI=1S/C27H30N2O6/c30-25(29-11-5-6-17(14-29)26(31)32)18-12-19(34-15-18)13-28-27(33)35-16-24-22-9-3-1-7-20(22)21-8-2-4-10-23(21)24/h1-4,7-10,17-19,24H,5-6,11-16H2,(H,28,33)(H,31,32)/t17-,18?,19?/m0/s1. The molecular formula is C27H30N2O6. The smallest absolute Gasteiger partial charge is 0.407 e. The van der Waals surface area contributed by atoms with Gasteiger partial charge in [0, 0.05) is 25.6 Å². The minimum atomic E-state index is -0.852. The number of carboxylic acid groups (broad SMARTS) is 1. The first-order valence-electron chi connectivity index (χ1n) is 12.2. The topological polar surface area (TPSA) is 105 Å². The number of nitrogens with one attached hydrogen (secondary N) is 1. The number of rotatable bonds is 6. The van der Waals surface area contributed by atoms with Gasteiger partial charge < -0.3 is 24.8 Å². The number of fused-ring (bicyclic) bond motifs is 3. The number of aliphatic carboxylic acids is 1. The summed E-state index contributed by atoms with van der Waals surface area (Å²) in [5.41, 5.74) is 4.67. The molecule has 0 spiro atoms. The van der Waals surface area contributed by atoms with Gasteiger partial charge >= 0.3 is 12.1 Å². The molecule has 2 amide bonds. The molecule has 2 saturated heterocycles. The predicted molar refractivity (Wildman–Crippen MR) is 128 cm³/mol. The maximum Gasteiger partial charge on any atom is 0.407 e. The number of likely N-dealkylation sites (tertiary alicyclic amines) is 1. The number of piperidine rings is 1. The molecule has 2 aromatic carbocycles. The van der Waals surface area contributed by atoms with Crippen LogP contribution < -0.4 is 5.32 Å². The number of nitrogens with zero attached hydrogens (tertiary/aromatic N) is 1. The lowest BCUT2D eigenvalue weighted by Gasteiger charge is -2.32. The third kappa shape index (κ3) is 4.89. The number of carboxylic acids is 1. The van der Waals surface area contributed by atoms with Gasteiger partial charge in [0.15, 0.2) is 0 Å². The Kier molecular flexibility index (Phi) is 6.72. The van der Waals surface area contributed by atoms with E-state index in [1.54, 1.807) is 4.90 Å². The van der Waals surface area contributed by atoms with Crippen LogP contribution in [-0.4, -0.2) is 66.9 Å². The van der Waals surface area contributed by atoms with E-state index < -0.39 is 18.0 Å². The molecule has 8 heteroatoms. The molecule has 2 fully saturated rings. The highest BCUT2D eigenvalue weighted by Gasteiger charge is 2.36. The minimum Gasteiger partial charge on any atom is -0.481 e. The Labute approximate surface area is 204 Å². The van der Waals surface area contributed by atoms with E-state index >= 15 is 0 Å². The lowest BCUT2D eigenvalue weighted by atomic mass is 9.96. The summed E-state index contributed by atoms with van der Waals surface area (Å²) in [5, 5.41) is 12.0. The van der Waals surface area contributed by atoms with Crippen molar-refractivity contribution in [3.05, 3.63) is 59.7 Å². The Hall–Kier alpha value is -3.39. The van der Waals surface area contributed by atoms with E-state index in [1.165, 1.54) is 11.1 Å². The summed E-state index contributed by atoms with van der Waals surface area (Å²) in [7, 11) is 0. The first-order valence-corrected chi connectivity index (χ1v) is 12.2. The highest BCUT2D eigenvalue weighted by Crippen LogP contribution is 2.44. The third-order valence-corrected chi connectivity index (χ3v) is 7.33. The Morgan fingerprint density at radius 2 is 1.71 bits per heavy atom. The van der Waals surface area contributed by atoms with Crippen LogP contribution in [0.15, 0.2) is 48.5 Å². The molecule has 5 rings (SSSR count). The van der Waals surface area contributed by atoms with Crippen molar-refractivity contribution in [2.45, 2.75) is 31.3 Å². The van der Waals surface area contributed by atoms with Crippen LogP contribution in [0, 0.1) is 11.8 Å². The van der Waals surface area contributed by atoms with E-state index in [-0.39, 0.29) is 50.2 Å². The Bertz CT molecular complexity index is 1070. The van der Waals surface area contributed by atoms with Crippen LogP contribution in [0.1, 0.15) is 36.3 Å². The number of benzene rings is 2. The van der Waals surface area contributed by atoms with Gasteiger partial charge in [0.05, 0.1) is 24.5 Å². The van der Waals surface area contributed by atoms with Crippen molar-refractivity contribution in [1.29, 1.82) is 0 Å². The zero-order valence-electron chi connectivity index (χ0n) is 19.5. The van der Waals surface area contributed by atoms with Gasteiger partial charge in [-0.3, -0.25) is 9.59 Å². The second-order valence-electron chi connectivity index (χ2n) is 9.56. The molecule has 8 nitrogen and oxygen atoms in total. The van der Waals surface area contributed by atoms with Gasteiger partial charge in [0.1, 0.15) is 6.61 Å². The van der Waals surface area contributed by atoms with E-state index in [0.717, 1.165) is 11.1 Å². The van der Waals surface area contributed by atoms with Crippen molar-refractivity contribution >= 4 is 18.0 Å². The van der Waals surface area contributed by atoms with Crippen LogP contribution in [0.25, 0.3) is 11.1 Å². The summed E-state index contributed by atoms with van der Waals surface area (Å²) < 4.78 is 11.3. The van der Waals surface area contributed by atoms with Crippen LogP contribution >= 0.6 is 0 Å². The zero-order chi connectivity index (χ0) is 24.4. The summed E-state index contributed by atoms with van der Waals surface area (Å²) in [6, 6.07) is 16.4. The van der Waals surface area contributed by atoms with E-state index in [1.807, 2.05) is 24.3 Å². The molecule has 35 heavy (non-hydrogen) atoms. The van der Waals surface area contributed by atoms with Crippen LogP contribution in [-0.2, 0) is 19.1 Å². The lowest BCUT2D eigenvalue weighted by Crippen LogP contribution is -2.45. The molecule has 0 saturated carbocycles. The molecule has 3 aliphatic rings. The van der Waals surface area contributed by atoms with Gasteiger partial charge in [-0.15, -0.1) is 0 Å². The number of alkyl carbamates (subject to hydrolysis) is 1. The fraction of sp³-hybridized carbons (Fsp3) is 0.444. The molecule has 2 N–H and O–H groups in total. The molecular weight excluding hydrogens is 448 g/mol. The van der Waals surface area contributed by atoms with Gasteiger partial charge in [0.2, 0.25) is 5.91 Å². The molecule has 0 radical (unpaired) electrons. The highest BCUT2D eigenvalue weighted by molar-refractivity contribution is 5.81. The predicted octanol–water partition coefficient (Wildman–Crippen LogP) is 3.25. The van der Waals surface area contributed by atoms with Crippen molar-refractivity contribution in [3.8, 4) is 11.1 Å². The molecule has 1 aliphatic carbocycles. The normalized spacial score (nSPS) is 23.4. The number of hydrogen-bond donors (Lipinski definition) is 2. The monoisotopic (exact) mass is 478 g/mol. The number of carbonyl (C=O) groups is 3. The maximum absolute atomic E-state index is 12.8. The second-order valence-corrected chi connectivity index (χ2v) is 9.56. The van der Waals surface area contributed by atoms with Crippen molar-refractivity contribution in [2.24, 2.45) is 11.8 Å². The minimum absolute atomic E-state index is 0.00273. The second kappa shape index (κ2) is 10.1. The van der Waals surface area contributed by atoms with Gasteiger partial charge in [-0.05, 0) is 41.5 Å². The Balaban J connectivity index is 1.09. The fourth-order valence-electron chi connectivity index (χ4n) is 5.50. The fourth-order valence-corrected chi connectivity index (χ4v) is 5.50. The highest BCUT2D eigenvalue weighted by atomic mass is 16.5. The molecule has 0 aromatic heterocycles. The van der Waals surface area contributed by atoms with Gasteiger partial charge in [-0.2, -0.15) is 0 Å². The molecule has 0 bridgehead atoms. The van der Waals surface area contributed by atoms with Gasteiger partial charge in [0.25, 0.3) is 0 Å². The number of carbonyl (C=O) groups excluding carboxylic acids is 2. The van der Waals surface area contributed by atoms with Crippen LogP contribution in [0.3, 0.4) is 0 Å². The van der Waals surface area contributed by atoms with Crippen LogP contribution in [0.4, 0.5) is 4.79 Å². The first kappa shape index (κ1) is 23.4. The van der Waals surface area contributed by atoms with Crippen molar-refractivity contribution < 1.29 is 29.0 Å². The third-order valence-electron chi connectivity index (χ3n) is 7.33. The molecule has 2 unspecified atom stereocenters. The van der Waals surface area contributed by atoms with Gasteiger partial charge in [-0.1, -0.05) is 48.5 Å². The van der Waals surface area contributed by atoms with E-state index in [2.05, 4.69) is 29.6 Å². The average molecular weight is 479 g/mol. The summed E-state index contributed by atoms with van der Waals surface area (Å²) in [5.74, 6) is -1.72. The molecule has 3 atom stereocenters. The molecule has 2 aromatic rings. The lowest BCUT2D eigenvalue weighted by molar-refractivity contribution is -0.146. The number of amides is 2. The van der Waals surface area contributed by atoms with Crippen molar-refractivity contribution in [3.63, 3.8) is 0 Å². The zero-order valence-corrected chi connectivity index (χ0v) is 19.5. The van der Waals surface area contributed by atoms with Crippen molar-refractivity contribution in [1.82, 2.24) is 10.2 Å². The summed E-state index contributed by atoms with van der Waals surface area (Å²) in [4.78, 5) is 38.2. The average Bonchev–Trinajstić information content (AvgIpc) is 3.49. The number of hydrogen-bond acceptors (Lipinski definition) is 5. The van der Waals surface area contributed by atoms with Crippen molar-refractivity contribution in [2.75, 3.05) is 32.8 Å². The van der Waals surface area contributed by atoms with E-state index in [9.17, 15) is 19.5 Å². The first-order chi connectivity index (χ1) is 17.0. The summed E-state index contributed by atoms with van der Waals surface area (Å²) >= 11 is 0. The summed E-state index contributed by atoms with van der Waals surface area (Å²) in [6.45, 7) is 1.63. The molecule has 184 valence electrons. The van der Waals surface area contributed by atoms with Crippen LogP contribution in [0.5, 0.6) is 0 Å². The van der Waals surface area contributed by atoms with Gasteiger partial charge in [-0.25, -0.2) is 4.79 Å². The number of ether oxygens (including phenoxy) is 2. The maximum atomic E-state index is 12.8. The van der Waals surface area contributed by atoms with Crippen LogP contribution in [0.2, 0.25) is 0 Å².